The zero-order chi connectivity index (χ0) is 49.8. The maximum Gasteiger partial charge on any atom is 0.312 e. The quantitative estimate of drug-likeness (QED) is 0.0661. The Labute approximate surface area is 397 Å². The molecule has 9 atom stereocenters. The first-order valence-electron chi connectivity index (χ1n) is 22.9. The van der Waals surface area contributed by atoms with Crippen LogP contribution in [0.2, 0.25) is 0 Å². The number of methoxy groups -OCH3 is 2. The molecule has 6 N–H and O–H groups in total. The third kappa shape index (κ3) is 10.6. The predicted molar refractivity (Wildman–Crippen MR) is 256 cm³/mol. The average Bonchev–Trinajstić information content (AvgIpc) is 3.41. The van der Waals surface area contributed by atoms with E-state index in [1.165, 1.54) is 59.4 Å². The first-order valence-corrected chi connectivity index (χ1v) is 22.9. The highest BCUT2D eigenvalue weighted by Crippen LogP contribution is 2.55. The van der Waals surface area contributed by atoms with Crippen molar-refractivity contribution in [2.24, 2.45) is 28.8 Å². The third-order valence-electron chi connectivity index (χ3n) is 13.5. The number of aromatic hydroxyl groups is 3. The molecule has 1 saturated heterocycles. The summed E-state index contributed by atoms with van der Waals surface area (Å²) >= 11 is 0. The lowest BCUT2D eigenvalue weighted by atomic mass is 9.78. The number of allylic oxidation sites excluding steroid dienone is 2. The number of amides is 1. The van der Waals surface area contributed by atoms with E-state index in [-0.39, 0.29) is 44.5 Å². The molecular weight excluding hydrogens is 877 g/mol. The molecule has 0 aliphatic carbocycles. The predicted octanol–water partition coefficient (Wildman–Crippen LogP) is 6.30. The Kier molecular flexibility index (Phi) is 16.2. The Morgan fingerprint density at radius 3 is 2.28 bits per heavy atom. The lowest BCUT2D eigenvalue weighted by Gasteiger charge is -2.38. The van der Waals surface area contributed by atoms with Gasteiger partial charge in [0.2, 0.25) is 0 Å². The van der Waals surface area contributed by atoms with Gasteiger partial charge >= 0.3 is 11.8 Å². The van der Waals surface area contributed by atoms with Crippen LogP contribution in [0.3, 0.4) is 0 Å². The van der Waals surface area contributed by atoms with E-state index >= 15 is 0 Å². The van der Waals surface area contributed by atoms with Gasteiger partial charge in [-0.2, -0.15) is 5.10 Å². The highest BCUT2D eigenvalue weighted by Gasteiger charge is 2.50. The van der Waals surface area contributed by atoms with Crippen LogP contribution in [0.1, 0.15) is 81.9 Å². The molecule has 3 aromatic carbocycles. The van der Waals surface area contributed by atoms with Crippen molar-refractivity contribution in [2.45, 2.75) is 98.6 Å². The zero-order valence-electron chi connectivity index (χ0n) is 40.5. The van der Waals surface area contributed by atoms with Crippen molar-refractivity contribution < 1.29 is 63.6 Å². The Balaban J connectivity index is 1.45. The Morgan fingerprint density at radius 2 is 1.62 bits per heavy atom. The first-order chi connectivity index (χ1) is 32.2. The van der Waals surface area contributed by atoms with Gasteiger partial charge in [0, 0.05) is 93.9 Å². The highest BCUT2D eigenvalue weighted by atomic mass is 16.7. The Hall–Kier alpha value is -6.14. The number of benzene rings is 3. The SMILES string of the molecule is COc1ccc(CN2CCCN(/N=C\c3c4c(O)c5c(O)c(C)c6c(c5c3O)C(=O)[C@@](C)(O/C=C/[C@H](OC)[C@@H](C)[C@@H](OC(C)=O)[C@H](C)[C@@H](O)[C@H](C)[C@@H](O)[C@H](C)/C=C/C=C(/C)C(=O)N4)O6)CC2)cc1. The molecule has 0 saturated carbocycles. The second-order valence-electron chi connectivity index (χ2n) is 18.3. The van der Waals surface area contributed by atoms with Gasteiger partial charge in [-0.15, -0.1) is 0 Å². The smallest absolute Gasteiger partial charge is 0.312 e. The summed E-state index contributed by atoms with van der Waals surface area (Å²) in [7, 11) is 3.06. The average molecular weight is 943 g/mol. The molecule has 4 aliphatic rings. The molecule has 368 valence electrons. The molecule has 1 amide bonds. The number of nitrogens with one attached hydrogen (secondary N) is 1. The number of esters is 1. The molecule has 1 fully saturated rings. The molecule has 4 aliphatic heterocycles. The molecule has 7 rings (SSSR count). The molecule has 0 aromatic heterocycles. The van der Waals surface area contributed by atoms with Gasteiger partial charge in [-0.3, -0.25) is 24.3 Å². The van der Waals surface area contributed by atoms with Gasteiger partial charge in [-0.05, 0) is 44.0 Å². The zero-order valence-corrected chi connectivity index (χ0v) is 40.5. The number of fused-ring (bicyclic) bond motifs is 14. The lowest BCUT2D eigenvalue weighted by molar-refractivity contribution is -0.160. The Morgan fingerprint density at radius 1 is 0.912 bits per heavy atom. The van der Waals surface area contributed by atoms with Crippen LogP contribution in [0, 0.1) is 30.6 Å². The normalized spacial score (nSPS) is 29.5. The van der Waals surface area contributed by atoms with Gasteiger partial charge < -0.3 is 54.5 Å². The molecule has 68 heavy (non-hydrogen) atoms. The van der Waals surface area contributed by atoms with E-state index in [1.807, 2.05) is 29.3 Å². The van der Waals surface area contributed by atoms with E-state index in [2.05, 4.69) is 10.2 Å². The van der Waals surface area contributed by atoms with E-state index in [0.717, 1.165) is 24.3 Å². The Bertz CT molecular complexity index is 2490. The van der Waals surface area contributed by atoms with E-state index < -0.39 is 88.8 Å². The van der Waals surface area contributed by atoms with Crippen molar-refractivity contribution in [1.82, 2.24) is 9.91 Å². The number of carbonyl (C=O) groups is 3. The number of rotatable bonds is 7. The van der Waals surface area contributed by atoms with Crippen LogP contribution >= 0.6 is 0 Å². The van der Waals surface area contributed by atoms with Gasteiger partial charge in [0.05, 0.1) is 60.1 Å². The van der Waals surface area contributed by atoms with E-state index in [0.29, 0.717) is 26.2 Å². The number of nitrogens with zero attached hydrogens (tertiary/aromatic N) is 3. The second kappa shape index (κ2) is 21.4. The summed E-state index contributed by atoms with van der Waals surface area (Å²) in [5, 5.41) is 67.9. The fourth-order valence-electron chi connectivity index (χ4n) is 9.23. The summed E-state index contributed by atoms with van der Waals surface area (Å²) in [6, 6.07) is 7.89. The number of Topliss-reactive ketones (excluding diaryl/α,β-unsaturated/α-hetero) is 1. The first kappa shape index (κ1) is 51.3. The maximum absolute atomic E-state index is 14.6. The minimum absolute atomic E-state index is 0.0479. The fourth-order valence-corrected chi connectivity index (χ4v) is 9.23. The second-order valence-corrected chi connectivity index (χ2v) is 18.3. The number of aliphatic hydroxyl groups is 2. The molecule has 17 heteroatoms. The molecular formula is C51H66N4O13. The van der Waals surface area contributed by atoms with Crippen molar-refractivity contribution in [1.29, 1.82) is 0 Å². The molecule has 5 bridgehead atoms. The van der Waals surface area contributed by atoms with Gasteiger partial charge in [-0.25, -0.2) is 0 Å². The standard InChI is InChI=1S/C51H66N4O13/c1-27-13-11-14-28(2)50(63)53-41-36(25-52-55-21-12-20-54(22-23-55)26-34-15-17-35(64-9)18-16-34)45(60)38-39(46(41)61)44(59)32(6)48-40(38)49(62)51(8,68-48)66-24-19-37(65-10)29(3)47(67-33(7)56)31(5)43(58)30(4)42(27)57/h11,13-19,24-25,27,29-31,37,42-43,47,57-61H,12,20-23,26H2,1-10H3,(H,53,63)/b13-11+,24-19+,28-14-,52-25-/t27-,29-,30-,31-,37+,42+,43+,47-,51+/m1/s1. The van der Waals surface area contributed by atoms with Gasteiger partial charge in [0.15, 0.2) is 5.75 Å². The van der Waals surface area contributed by atoms with Crippen LogP contribution in [-0.2, 0) is 30.3 Å². The van der Waals surface area contributed by atoms with Crippen LogP contribution < -0.4 is 14.8 Å². The number of ketones is 1. The number of phenolic OH excluding ortho intramolecular Hbond substituents is 3. The summed E-state index contributed by atoms with van der Waals surface area (Å²) in [5.41, 5.74) is 0.723. The number of hydrogen-bond donors (Lipinski definition) is 6. The largest absolute Gasteiger partial charge is 0.507 e. The van der Waals surface area contributed by atoms with E-state index in [9.17, 15) is 39.9 Å². The molecule has 4 heterocycles. The number of ether oxygens (including phenoxy) is 5. The molecule has 0 radical (unpaired) electrons. The minimum atomic E-state index is -2.07. The summed E-state index contributed by atoms with van der Waals surface area (Å²) in [6.45, 7) is 15.8. The number of phenols is 3. The van der Waals surface area contributed by atoms with E-state index in [4.69, 9.17) is 28.8 Å². The van der Waals surface area contributed by atoms with Gasteiger partial charge in [0.25, 0.3) is 11.7 Å². The van der Waals surface area contributed by atoms with Crippen LogP contribution in [0.4, 0.5) is 5.69 Å². The highest BCUT2D eigenvalue weighted by molar-refractivity contribution is 6.23. The van der Waals surface area contributed by atoms with Crippen molar-refractivity contribution in [3.63, 3.8) is 0 Å². The number of aliphatic hydroxyl groups excluding tert-OH is 2. The number of carbonyl (C=O) groups excluding carboxylic acids is 3. The number of hydrazone groups is 1. The molecule has 0 unspecified atom stereocenters. The molecule has 17 nitrogen and oxygen atoms in total. The van der Waals surface area contributed by atoms with Crippen molar-refractivity contribution in [3.05, 3.63) is 82.7 Å². The molecule has 0 spiro atoms. The van der Waals surface area contributed by atoms with Gasteiger partial charge in [0.1, 0.15) is 29.1 Å². The van der Waals surface area contributed by atoms with Crippen LogP contribution in [0.25, 0.3) is 10.8 Å². The monoisotopic (exact) mass is 942 g/mol. The lowest BCUT2D eigenvalue weighted by Crippen LogP contribution is -2.46. The van der Waals surface area contributed by atoms with E-state index in [1.54, 1.807) is 47.0 Å². The van der Waals surface area contributed by atoms with Crippen LogP contribution in [-0.4, -0.2) is 130 Å². The number of anilines is 1. The van der Waals surface area contributed by atoms with Gasteiger partial charge in [-0.1, -0.05) is 58.1 Å². The fraction of sp³-hybridized carbons (Fsp3) is 0.490. The van der Waals surface area contributed by atoms with Crippen molar-refractivity contribution in [2.75, 3.05) is 45.7 Å². The third-order valence-corrected chi connectivity index (χ3v) is 13.5. The van der Waals surface area contributed by atoms with Crippen molar-refractivity contribution in [3.8, 4) is 28.7 Å². The summed E-state index contributed by atoms with van der Waals surface area (Å²) < 4.78 is 29.1. The maximum atomic E-state index is 14.6. The summed E-state index contributed by atoms with van der Waals surface area (Å²) in [6.07, 6.45) is 5.61. The molecule has 3 aromatic rings. The van der Waals surface area contributed by atoms with Crippen LogP contribution in [0.15, 0.2) is 65.5 Å². The number of hydrogen-bond acceptors (Lipinski definition) is 16. The summed E-state index contributed by atoms with van der Waals surface area (Å²) in [5.74, 6) is -7.71. The van der Waals surface area contributed by atoms with Crippen molar-refractivity contribution >= 4 is 40.3 Å². The minimum Gasteiger partial charge on any atom is -0.507 e. The van der Waals surface area contributed by atoms with Crippen LogP contribution in [0.5, 0.6) is 28.7 Å². The topological polar surface area (TPSA) is 229 Å². The summed E-state index contributed by atoms with van der Waals surface area (Å²) in [4.78, 5) is 43.3.